The van der Waals surface area contributed by atoms with Gasteiger partial charge in [0, 0.05) is 22.8 Å². The van der Waals surface area contributed by atoms with Crippen molar-refractivity contribution in [2.24, 2.45) is 0 Å². The van der Waals surface area contributed by atoms with E-state index in [0.29, 0.717) is 10.8 Å². The van der Waals surface area contributed by atoms with Crippen LogP contribution in [-0.4, -0.2) is 21.6 Å². The van der Waals surface area contributed by atoms with Gasteiger partial charge in [-0.1, -0.05) is 17.8 Å². The molecular formula is C15H19ClN4OS. The second kappa shape index (κ2) is 8.00. The molecule has 1 amide bonds. The van der Waals surface area contributed by atoms with E-state index in [9.17, 15) is 4.79 Å². The number of amides is 1. The maximum absolute atomic E-state index is 12.0. The van der Waals surface area contributed by atoms with Gasteiger partial charge in [0.1, 0.15) is 0 Å². The number of hydrogen-bond donors (Lipinski definition) is 2. The van der Waals surface area contributed by atoms with E-state index < -0.39 is 0 Å². The molecule has 2 aromatic rings. The molecule has 0 bridgehead atoms. The number of nitrogens with one attached hydrogen (secondary N) is 1. The van der Waals surface area contributed by atoms with Gasteiger partial charge in [-0.25, -0.2) is 9.97 Å². The minimum atomic E-state index is -0.101. The standard InChI is InChI=1S/C15H18N4OS.ClH/c1-9-4-5-12(16)7-13(9)19-14(20)8-21-15-17-10(2)6-11(3)18-15;/h4-7H,8,16H2,1-3H3,(H,19,20);1H. The monoisotopic (exact) mass is 338 g/mol. The molecule has 0 unspecified atom stereocenters. The SMILES string of the molecule is Cc1cc(C)nc(SCC(=O)Nc2cc(N)ccc2C)n1.Cl. The van der Waals surface area contributed by atoms with Crippen LogP contribution in [0.5, 0.6) is 0 Å². The molecule has 0 spiro atoms. The molecule has 1 heterocycles. The van der Waals surface area contributed by atoms with Crippen molar-refractivity contribution in [3.63, 3.8) is 0 Å². The maximum atomic E-state index is 12.0. The number of halogens is 1. The fourth-order valence-electron chi connectivity index (χ4n) is 1.85. The van der Waals surface area contributed by atoms with Crippen molar-refractivity contribution in [1.82, 2.24) is 9.97 Å². The molecule has 1 aromatic carbocycles. The second-order valence-electron chi connectivity index (χ2n) is 4.84. The molecule has 118 valence electrons. The molecule has 22 heavy (non-hydrogen) atoms. The first kappa shape index (κ1) is 18.3. The Morgan fingerprint density at radius 3 is 2.45 bits per heavy atom. The van der Waals surface area contributed by atoms with Crippen molar-refractivity contribution in [3.8, 4) is 0 Å². The van der Waals surface area contributed by atoms with Crippen LogP contribution >= 0.6 is 24.2 Å². The summed E-state index contributed by atoms with van der Waals surface area (Å²) in [5, 5.41) is 3.47. The van der Waals surface area contributed by atoms with Crippen LogP contribution < -0.4 is 11.1 Å². The highest BCUT2D eigenvalue weighted by atomic mass is 35.5. The molecular weight excluding hydrogens is 320 g/mol. The summed E-state index contributed by atoms with van der Waals surface area (Å²) in [6, 6.07) is 7.35. The first-order valence-electron chi connectivity index (χ1n) is 6.55. The maximum Gasteiger partial charge on any atom is 0.234 e. The topological polar surface area (TPSA) is 80.9 Å². The van der Waals surface area contributed by atoms with Crippen molar-refractivity contribution in [2.75, 3.05) is 16.8 Å². The van der Waals surface area contributed by atoms with Crippen LogP contribution in [0.1, 0.15) is 17.0 Å². The third-order valence-corrected chi connectivity index (χ3v) is 3.68. The van der Waals surface area contributed by atoms with Crippen LogP contribution in [0.3, 0.4) is 0 Å². The summed E-state index contributed by atoms with van der Waals surface area (Å²) in [6.45, 7) is 5.75. The summed E-state index contributed by atoms with van der Waals surface area (Å²) in [5.74, 6) is 0.161. The van der Waals surface area contributed by atoms with Crippen LogP contribution in [0.15, 0.2) is 29.4 Å². The molecule has 0 atom stereocenters. The van der Waals surface area contributed by atoms with E-state index in [1.54, 1.807) is 6.07 Å². The third kappa shape index (κ3) is 5.20. The summed E-state index contributed by atoms with van der Waals surface area (Å²) in [7, 11) is 0. The van der Waals surface area contributed by atoms with E-state index in [1.807, 2.05) is 39.0 Å². The fraction of sp³-hybridized carbons (Fsp3) is 0.267. The predicted octanol–water partition coefficient (Wildman–Crippen LogP) is 3.14. The minimum absolute atomic E-state index is 0. The third-order valence-electron chi connectivity index (χ3n) is 2.83. The molecule has 0 aliphatic heterocycles. The van der Waals surface area contributed by atoms with Gasteiger partial charge in [-0.05, 0) is 44.5 Å². The van der Waals surface area contributed by atoms with Gasteiger partial charge >= 0.3 is 0 Å². The van der Waals surface area contributed by atoms with Crippen molar-refractivity contribution < 1.29 is 4.79 Å². The zero-order chi connectivity index (χ0) is 15.4. The number of nitrogen functional groups attached to an aromatic ring is 1. The Balaban J connectivity index is 0.00000242. The Kier molecular flexibility index (Phi) is 6.64. The van der Waals surface area contributed by atoms with Gasteiger partial charge in [0.15, 0.2) is 5.16 Å². The Labute approximate surface area is 140 Å². The van der Waals surface area contributed by atoms with E-state index >= 15 is 0 Å². The quantitative estimate of drug-likeness (QED) is 0.508. The van der Waals surface area contributed by atoms with Crippen molar-refractivity contribution in [1.29, 1.82) is 0 Å². The van der Waals surface area contributed by atoms with E-state index in [4.69, 9.17) is 5.73 Å². The predicted molar refractivity (Wildman–Crippen MR) is 93.7 cm³/mol. The van der Waals surface area contributed by atoms with Crippen molar-refractivity contribution in [2.45, 2.75) is 25.9 Å². The normalized spacial score (nSPS) is 9.95. The number of aromatic nitrogens is 2. The Morgan fingerprint density at radius 2 is 1.82 bits per heavy atom. The molecule has 5 nitrogen and oxygen atoms in total. The molecule has 0 saturated carbocycles. The summed E-state index contributed by atoms with van der Waals surface area (Å²) in [4.78, 5) is 20.6. The van der Waals surface area contributed by atoms with Crippen LogP contribution in [-0.2, 0) is 4.79 Å². The average Bonchev–Trinajstić information content (AvgIpc) is 2.40. The first-order valence-corrected chi connectivity index (χ1v) is 7.53. The van der Waals surface area contributed by atoms with Gasteiger partial charge in [-0.15, -0.1) is 12.4 Å². The van der Waals surface area contributed by atoms with E-state index in [0.717, 1.165) is 22.6 Å². The number of aryl methyl sites for hydroxylation is 3. The number of carbonyl (C=O) groups is 1. The molecule has 3 N–H and O–H groups in total. The van der Waals surface area contributed by atoms with Crippen LogP contribution in [0.4, 0.5) is 11.4 Å². The highest BCUT2D eigenvalue weighted by Gasteiger charge is 2.08. The summed E-state index contributed by atoms with van der Waals surface area (Å²) in [5.41, 5.74) is 9.87. The number of hydrogen-bond acceptors (Lipinski definition) is 5. The molecule has 1 aromatic heterocycles. The highest BCUT2D eigenvalue weighted by Crippen LogP contribution is 2.19. The van der Waals surface area contributed by atoms with Gasteiger partial charge in [0.2, 0.25) is 5.91 Å². The molecule has 2 rings (SSSR count). The number of rotatable bonds is 4. The van der Waals surface area contributed by atoms with Gasteiger partial charge < -0.3 is 11.1 Å². The van der Waals surface area contributed by atoms with Crippen LogP contribution in [0.25, 0.3) is 0 Å². The number of carbonyl (C=O) groups excluding carboxylic acids is 1. The van der Waals surface area contributed by atoms with Crippen molar-refractivity contribution >= 4 is 41.5 Å². The fourth-order valence-corrected chi connectivity index (χ4v) is 2.60. The smallest absolute Gasteiger partial charge is 0.234 e. The number of thioether (sulfide) groups is 1. The van der Waals surface area contributed by atoms with Gasteiger partial charge in [0.05, 0.1) is 5.75 Å². The van der Waals surface area contributed by atoms with E-state index in [1.165, 1.54) is 11.8 Å². The number of anilines is 2. The lowest BCUT2D eigenvalue weighted by atomic mass is 10.2. The van der Waals surface area contributed by atoms with Crippen LogP contribution in [0, 0.1) is 20.8 Å². The molecule has 0 radical (unpaired) electrons. The largest absolute Gasteiger partial charge is 0.399 e. The molecule has 7 heteroatoms. The van der Waals surface area contributed by atoms with Crippen molar-refractivity contribution in [3.05, 3.63) is 41.2 Å². The zero-order valence-corrected chi connectivity index (χ0v) is 14.3. The Bertz CT molecular complexity index is 658. The van der Waals surface area contributed by atoms with E-state index in [2.05, 4.69) is 15.3 Å². The molecule has 0 saturated heterocycles. The molecule has 0 fully saturated rings. The lowest BCUT2D eigenvalue weighted by Gasteiger charge is -2.09. The average molecular weight is 339 g/mol. The second-order valence-corrected chi connectivity index (χ2v) is 5.79. The first-order chi connectivity index (χ1) is 9.94. The van der Waals surface area contributed by atoms with Gasteiger partial charge in [-0.3, -0.25) is 4.79 Å². The molecule has 0 aliphatic rings. The summed E-state index contributed by atoms with van der Waals surface area (Å²) in [6.07, 6.45) is 0. The number of nitrogens with zero attached hydrogens (tertiary/aromatic N) is 2. The van der Waals surface area contributed by atoms with Gasteiger partial charge in [-0.2, -0.15) is 0 Å². The summed E-state index contributed by atoms with van der Waals surface area (Å²) >= 11 is 1.32. The molecule has 0 aliphatic carbocycles. The lowest BCUT2D eigenvalue weighted by molar-refractivity contribution is -0.113. The van der Waals surface area contributed by atoms with E-state index in [-0.39, 0.29) is 24.1 Å². The Hall–Kier alpha value is -1.79. The minimum Gasteiger partial charge on any atom is -0.399 e. The van der Waals surface area contributed by atoms with Gasteiger partial charge in [0.25, 0.3) is 0 Å². The zero-order valence-electron chi connectivity index (χ0n) is 12.7. The lowest BCUT2D eigenvalue weighted by Crippen LogP contribution is -2.15. The number of benzene rings is 1. The van der Waals surface area contributed by atoms with Crippen LogP contribution in [0.2, 0.25) is 0 Å². The highest BCUT2D eigenvalue weighted by molar-refractivity contribution is 7.99. The Morgan fingerprint density at radius 1 is 1.18 bits per heavy atom. The number of nitrogens with two attached hydrogens (primary N) is 1. The summed E-state index contributed by atoms with van der Waals surface area (Å²) < 4.78 is 0.